The van der Waals surface area contributed by atoms with Gasteiger partial charge >= 0.3 is 6.18 Å². The number of hydrogen-bond donors (Lipinski definition) is 2. The van der Waals surface area contributed by atoms with Gasteiger partial charge in [-0.15, -0.1) is 0 Å². The Morgan fingerprint density at radius 2 is 2.00 bits per heavy atom. The van der Waals surface area contributed by atoms with E-state index in [0.29, 0.717) is 24.9 Å². The van der Waals surface area contributed by atoms with Gasteiger partial charge in [0.1, 0.15) is 11.9 Å². The molecule has 1 aromatic carbocycles. The Kier molecular flexibility index (Phi) is 5.11. The first kappa shape index (κ1) is 16.1. The third-order valence-corrected chi connectivity index (χ3v) is 3.68. The number of rotatable bonds is 4. The van der Waals surface area contributed by atoms with Crippen LogP contribution in [0, 0.1) is 0 Å². The van der Waals surface area contributed by atoms with Gasteiger partial charge in [0.2, 0.25) is 0 Å². The molecule has 1 fully saturated rings. The van der Waals surface area contributed by atoms with Crippen molar-refractivity contribution in [2.45, 2.75) is 50.6 Å². The van der Waals surface area contributed by atoms with Crippen molar-refractivity contribution in [3.05, 3.63) is 29.3 Å². The van der Waals surface area contributed by atoms with Crippen molar-refractivity contribution in [2.24, 2.45) is 0 Å². The Balaban J connectivity index is 2.25. The van der Waals surface area contributed by atoms with Crippen molar-refractivity contribution in [3.63, 3.8) is 0 Å². The Bertz CT molecular complexity index is 476. The molecule has 6 heteroatoms. The summed E-state index contributed by atoms with van der Waals surface area (Å²) in [5, 5.41) is 12.7. The first-order valence-electron chi connectivity index (χ1n) is 7.11. The van der Waals surface area contributed by atoms with E-state index in [1.807, 2.05) is 0 Å². The van der Waals surface area contributed by atoms with Crippen molar-refractivity contribution in [3.8, 4) is 5.75 Å². The van der Waals surface area contributed by atoms with E-state index >= 15 is 0 Å². The molecule has 2 N–H and O–H groups in total. The number of aliphatic hydroxyl groups excluding tert-OH is 1. The lowest BCUT2D eigenvalue weighted by Gasteiger charge is -2.29. The zero-order chi connectivity index (χ0) is 15.5. The topological polar surface area (TPSA) is 41.5 Å². The summed E-state index contributed by atoms with van der Waals surface area (Å²) in [4.78, 5) is 0. The number of benzene rings is 1. The van der Waals surface area contributed by atoms with E-state index < -0.39 is 23.9 Å². The van der Waals surface area contributed by atoms with Gasteiger partial charge in [-0.25, -0.2) is 0 Å². The molecule has 1 aliphatic rings. The predicted octanol–water partition coefficient (Wildman–Crippen LogP) is 3.11. The minimum Gasteiger partial charge on any atom is -0.487 e. The van der Waals surface area contributed by atoms with Gasteiger partial charge in [0.25, 0.3) is 0 Å². The Hall–Kier alpha value is -1.27. The smallest absolute Gasteiger partial charge is 0.419 e. The van der Waals surface area contributed by atoms with Gasteiger partial charge in [-0.2, -0.15) is 13.2 Å². The van der Waals surface area contributed by atoms with Crippen molar-refractivity contribution in [1.82, 2.24) is 5.32 Å². The first-order chi connectivity index (χ1) is 9.91. The van der Waals surface area contributed by atoms with Crippen LogP contribution in [0.4, 0.5) is 13.2 Å². The highest BCUT2D eigenvalue weighted by atomic mass is 19.4. The van der Waals surface area contributed by atoms with E-state index in [1.54, 1.807) is 13.1 Å². The van der Waals surface area contributed by atoms with Crippen molar-refractivity contribution < 1.29 is 23.0 Å². The highest BCUT2D eigenvalue weighted by Gasteiger charge is 2.36. The molecule has 1 saturated carbocycles. The second kappa shape index (κ2) is 6.66. The predicted molar refractivity (Wildman–Crippen MR) is 73.1 cm³/mol. The summed E-state index contributed by atoms with van der Waals surface area (Å²) in [6.45, 7) is 0.357. The summed E-state index contributed by atoms with van der Waals surface area (Å²) in [7, 11) is 1.68. The highest BCUT2D eigenvalue weighted by Crippen LogP contribution is 2.38. The summed E-state index contributed by atoms with van der Waals surface area (Å²) in [6.07, 6.45) is -2.83. The molecule has 118 valence electrons. The van der Waals surface area contributed by atoms with Crippen LogP contribution in [0.2, 0.25) is 0 Å². The third-order valence-electron chi connectivity index (χ3n) is 3.68. The Morgan fingerprint density at radius 3 is 2.62 bits per heavy atom. The minimum absolute atomic E-state index is 0.201. The second-order valence-corrected chi connectivity index (χ2v) is 5.37. The van der Waals surface area contributed by atoms with Gasteiger partial charge in [0, 0.05) is 6.54 Å². The van der Waals surface area contributed by atoms with Gasteiger partial charge in [0.15, 0.2) is 0 Å². The standard InChI is InChI=1S/C15H20F3NO2/c1-19-9-10-6-7-13(11(8-10)15(16,17)18)21-14-5-3-2-4-12(14)20/h6-8,12,14,19-20H,2-5,9H2,1H3. The summed E-state index contributed by atoms with van der Waals surface area (Å²) in [5.74, 6) is -0.201. The molecule has 0 aliphatic heterocycles. The lowest BCUT2D eigenvalue weighted by Crippen LogP contribution is -2.35. The maximum Gasteiger partial charge on any atom is 0.419 e. The van der Waals surface area contributed by atoms with Crippen LogP contribution >= 0.6 is 0 Å². The molecule has 3 nitrogen and oxygen atoms in total. The van der Waals surface area contributed by atoms with Crippen LogP contribution in [0.25, 0.3) is 0 Å². The molecule has 21 heavy (non-hydrogen) atoms. The van der Waals surface area contributed by atoms with Gasteiger partial charge < -0.3 is 15.2 Å². The van der Waals surface area contributed by atoms with E-state index in [2.05, 4.69) is 5.32 Å². The summed E-state index contributed by atoms with van der Waals surface area (Å²) >= 11 is 0. The monoisotopic (exact) mass is 303 g/mol. The molecule has 2 atom stereocenters. The summed E-state index contributed by atoms with van der Waals surface area (Å²) in [5.41, 5.74) is -0.241. The quantitative estimate of drug-likeness (QED) is 0.898. The fourth-order valence-electron chi connectivity index (χ4n) is 2.59. The Morgan fingerprint density at radius 1 is 1.29 bits per heavy atom. The molecule has 0 saturated heterocycles. The number of nitrogens with one attached hydrogen (secondary N) is 1. The number of alkyl halides is 3. The first-order valence-corrected chi connectivity index (χ1v) is 7.11. The fraction of sp³-hybridized carbons (Fsp3) is 0.600. The van der Waals surface area contributed by atoms with Crippen molar-refractivity contribution in [2.75, 3.05) is 7.05 Å². The molecule has 0 aromatic heterocycles. The van der Waals surface area contributed by atoms with E-state index in [0.717, 1.165) is 18.9 Å². The normalized spacial score (nSPS) is 23.1. The lowest BCUT2D eigenvalue weighted by atomic mass is 9.94. The molecule has 0 heterocycles. The molecule has 0 radical (unpaired) electrons. The van der Waals surface area contributed by atoms with Crippen LogP contribution in [0.5, 0.6) is 5.75 Å². The largest absolute Gasteiger partial charge is 0.487 e. The van der Waals surface area contributed by atoms with E-state index in [4.69, 9.17) is 4.74 Å². The molecule has 1 aromatic rings. The van der Waals surface area contributed by atoms with Gasteiger partial charge in [-0.3, -0.25) is 0 Å². The summed E-state index contributed by atoms with van der Waals surface area (Å²) in [6, 6.07) is 4.05. The molecule has 1 aliphatic carbocycles. The average Bonchev–Trinajstić information content (AvgIpc) is 2.42. The molecule has 2 unspecified atom stereocenters. The summed E-state index contributed by atoms with van der Waals surface area (Å²) < 4.78 is 44.9. The van der Waals surface area contributed by atoms with Crippen LogP contribution in [0.1, 0.15) is 36.8 Å². The van der Waals surface area contributed by atoms with Crippen molar-refractivity contribution >= 4 is 0 Å². The van der Waals surface area contributed by atoms with Crippen LogP contribution in [0.15, 0.2) is 18.2 Å². The van der Waals surface area contributed by atoms with Gasteiger partial charge in [-0.1, -0.05) is 12.5 Å². The number of halogens is 3. The number of aliphatic hydroxyl groups is 1. The second-order valence-electron chi connectivity index (χ2n) is 5.37. The van der Waals surface area contributed by atoms with Crippen molar-refractivity contribution in [1.29, 1.82) is 0 Å². The van der Waals surface area contributed by atoms with Crippen LogP contribution in [0.3, 0.4) is 0 Å². The Labute approximate surface area is 122 Å². The van der Waals surface area contributed by atoms with Crippen LogP contribution < -0.4 is 10.1 Å². The van der Waals surface area contributed by atoms with E-state index in [-0.39, 0.29) is 5.75 Å². The minimum atomic E-state index is -4.47. The molecule has 0 bridgehead atoms. The number of ether oxygens (including phenoxy) is 1. The number of hydrogen-bond acceptors (Lipinski definition) is 3. The molecular formula is C15H20F3NO2. The SMILES string of the molecule is CNCc1ccc(OC2CCCCC2O)c(C(F)(F)F)c1. The molecule has 2 rings (SSSR count). The average molecular weight is 303 g/mol. The van der Waals surface area contributed by atoms with E-state index in [1.165, 1.54) is 6.07 Å². The fourth-order valence-corrected chi connectivity index (χ4v) is 2.59. The van der Waals surface area contributed by atoms with Gasteiger partial charge in [-0.05, 0) is 44.0 Å². The lowest BCUT2D eigenvalue weighted by molar-refractivity contribution is -0.140. The van der Waals surface area contributed by atoms with Gasteiger partial charge in [0.05, 0.1) is 11.7 Å². The molecule has 0 spiro atoms. The zero-order valence-corrected chi connectivity index (χ0v) is 11.9. The zero-order valence-electron chi connectivity index (χ0n) is 11.9. The maximum absolute atomic E-state index is 13.2. The molecule has 0 amide bonds. The third kappa shape index (κ3) is 4.11. The van der Waals surface area contributed by atoms with Crippen LogP contribution in [-0.2, 0) is 12.7 Å². The maximum atomic E-state index is 13.2. The highest BCUT2D eigenvalue weighted by molar-refractivity contribution is 5.39. The van der Waals surface area contributed by atoms with E-state index in [9.17, 15) is 18.3 Å². The van der Waals surface area contributed by atoms with Crippen LogP contribution in [-0.4, -0.2) is 24.4 Å². The molecular weight excluding hydrogens is 283 g/mol.